The molecule has 58 heavy (non-hydrogen) atoms. The van der Waals surface area contributed by atoms with Gasteiger partial charge in [0.05, 0.1) is 18.6 Å². The molecule has 1 saturated heterocycles. The van der Waals surface area contributed by atoms with E-state index in [1.54, 1.807) is 29.0 Å². The molecule has 2 fully saturated rings. The molecule has 0 bridgehead atoms. The molecule has 4 aromatic rings. The highest BCUT2D eigenvalue weighted by Gasteiger charge is 2.49. The van der Waals surface area contributed by atoms with Crippen molar-refractivity contribution < 1.29 is 33.4 Å². The molecule has 6 rings (SSSR count). The van der Waals surface area contributed by atoms with Crippen LogP contribution in [0.5, 0.6) is 11.5 Å². The van der Waals surface area contributed by atoms with Crippen LogP contribution >= 0.6 is 0 Å². The lowest BCUT2D eigenvalue weighted by Crippen LogP contribution is -2.49. The number of nitrogens with one attached hydrogen (secondary N) is 2. The zero-order valence-electron chi connectivity index (χ0n) is 33.7. The molecule has 11 heteroatoms. The van der Waals surface area contributed by atoms with Gasteiger partial charge in [0.1, 0.15) is 23.7 Å². The second-order valence-electron chi connectivity index (χ2n) is 15.4. The number of hydrogen-bond acceptors (Lipinski definition) is 7. The number of aryl methyl sites for hydroxylation is 1. The Morgan fingerprint density at radius 1 is 0.793 bits per heavy atom. The van der Waals surface area contributed by atoms with Crippen LogP contribution in [0, 0.1) is 5.41 Å². The highest BCUT2D eigenvalue weighted by molar-refractivity contribution is 6.03. The third-order valence-corrected chi connectivity index (χ3v) is 11.5. The van der Waals surface area contributed by atoms with Crippen LogP contribution in [0.2, 0.25) is 0 Å². The molecule has 1 aliphatic heterocycles. The molecule has 3 unspecified atom stereocenters. The van der Waals surface area contributed by atoms with Gasteiger partial charge in [-0.25, -0.2) is 0 Å². The van der Waals surface area contributed by atoms with Crippen LogP contribution in [-0.2, 0) is 43.2 Å². The fraction of sp³-hybridized carbons (Fsp3) is 0.383. The van der Waals surface area contributed by atoms with E-state index in [1.807, 2.05) is 97.1 Å². The second-order valence-corrected chi connectivity index (χ2v) is 15.4. The first kappa shape index (κ1) is 41.7. The Balaban J connectivity index is 1.26. The Labute approximate surface area is 341 Å². The van der Waals surface area contributed by atoms with Crippen molar-refractivity contribution in [2.45, 2.75) is 89.9 Å². The second kappa shape index (κ2) is 19.5. The summed E-state index contributed by atoms with van der Waals surface area (Å²) in [5, 5.41) is 5.86. The number of ketones is 1. The molecule has 4 amide bonds. The zero-order valence-corrected chi connectivity index (χ0v) is 33.7. The Kier molecular flexibility index (Phi) is 14.0. The molecule has 1 aliphatic carbocycles. The molecule has 2 N–H and O–H groups in total. The monoisotopic (exact) mass is 786 g/mol. The number of rotatable bonds is 18. The van der Waals surface area contributed by atoms with E-state index in [0.29, 0.717) is 62.3 Å². The van der Waals surface area contributed by atoms with Crippen molar-refractivity contribution in [1.29, 1.82) is 0 Å². The zero-order chi connectivity index (χ0) is 41.1. The van der Waals surface area contributed by atoms with E-state index in [1.165, 1.54) is 13.8 Å². The lowest BCUT2D eigenvalue weighted by molar-refractivity contribution is -0.138. The first-order valence-corrected chi connectivity index (χ1v) is 20.2. The van der Waals surface area contributed by atoms with Gasteiger partial charge >= 0.3 is 0 Å². The lowest BCUT2D eigenvalue weighted by atomic mass is 9.81. The largest absolute Gasteiger partial charge is 0.497 e. The Morgan fingerprint density at radius 2 is 1.43 bits per heavy atom. The number of ether oxygens (including phenoxy) is 2. The van der Waals surface area contributed by atoms with Crippen molar-refractivity contribution >= 4 is 35.1 Å². The van der Waals surface area contributed by atoms with Gasteiger partial charge in [-0.05, 0) is 98.5 Å². The molecule has 0 aromatic heterocycles. The number of nitrogens with zero attached hydrogens (tertiary/aromatic N) is 2. The molecule has 1 saturated carbocycles. The van der Waals surface area contributed by atoms with E-state index in [4.69, 9.17) is 9.47 Å². The minimum Gasteiger partial charge on any atom is -0.497 e. The van der Waals surface area contributed by atoms with Crippen molar-refractivity contribution in [3.05, 3.63) is 126 Å². The van der Waals surface area contributed by atoms with Crippen LogP contribution in [0.4, 0.5) is 5.69 Å². The summed E-state index contributed by atoms with van der Waals surface area (Å²) in [4.78, 5) is 70.7. The Hall–Kier alpha value is -5.97. The van der Waals surface area contributed by atoms with Crippen LogP contribution in [-0.4, -0.2) is 72.8 Å². The summed E-state index contributed by atoms with van der Waals surface area (Å²) in [6.07, 6.45) is 4.85. The standard InChI is InChI=1S/C47H54N4O7/c1-33(52)41(49-46(56)47(26-10-11-27-47)28-29-48-34(2)53)30-36-16-21-38(22-17-36)50-43(25-20-35-12-6-4-7-13-35)51(44(54)32-58-40-14-8-5-9-15-40)42(45(50)55)31-37-18-23-39(57-3)24-19-37/h4-9,12-19,21-24,41-43H,10-11,20,25-32H2,1-3H3,(H,48,53)(H,49,56). The van der Waals surface area contributed by atoms with Crippen LogP contribution < -0.4 is 25.0 Å². The molecule has 4 aromatic carbocycles. The van der Waals surface area contributed by atoms with Gasteiger partial charge in [0.15, 0.2) is 12.4 Å². The third kappa shape index (κ3) is 10.3. The van der Waals surface area contributed by atoms with E-state index in [2.05, 4.69) is 10.6 Å². The maximum Gasteiger partial charge on any atom is 0.262 e. The molecular formula is C47H54N4O7. The predicted molar refractivity (Wildman–Crippen MR) is 222 cm³/mol. The summed E-state index contributed by atoms with van der Waals surface area (Å²) >= 11 is 0. The van der Waals surface area contributed by atoms with Gasteiger partial charge in [-0.1, -0.05) is 85.6 Å². The molecule has 1 heterocycles. The molecule has 0 spiro atoms. The smallest absolute Gasteiger partial charge is 0.262 e. The number of benzene rings is 4. The number of amides is 4. The summed E-state index contributed by atoms with van der Waals surface area (Å²) in [5.41, 5.74) is 2.78. The van der Waals surface area contributed by atoms with Crippen molar-refractivity contribution in [1.82, 2.24) is 15.5 Å². The topological polar surface area (TPSA) is 134 Å². The number of methoxy groups -OCH3 is 1. The van der Waals surface area contributed by atoms with E-state index >= 15 is 0 Å². The van der Waals surface area contributed by atoms with Crippen LogP contribution in [0.15, 0.2) is 109 Å². The van der Waals surface area contributed by atoms with Crippen molar-refractivity contribution in [2.75, 3.05) is 25.2 Å². The van der Waals surface area contributed by atoms with Crippen LogP contribution in [0.1, 0.15) is 69.1 Å². The molecular weight excluding hydrogens is 733 g/mol. The molecule has 11 nitrogen and oxygen atoms in total. The molecule has 0 radical (unpaired) electrons. The number of anilines is 1. The number of carbonyl (C=O) groups excluding carboxylic acids is 5. The highest BCUT2D eigenvalue weighted by Crippen LogP contribution is 2.41. The van der Waals surface area contributed by atoms with E-state index < -0.39 is 23.7 Å². The number of para-hydroxylation sites is 1. The maximum absolute atomic E-state index is 14.7. The van der Waals surface area contributed by atoms with E-state index in [-0.39, 0.29) is 42.4 Å². The van der Waals surface area contributed by atoms with Crippen molar-refractivity contribution in [3.8, 4) is 11.5 Å². The average Bonchev–Trinajstić information content (AvgIpc) is 3.82. The SMILES string of the molecule is COc1ccc(CC2C(=O)N(c3ccc(CC(NC(=O)C4(CCNC(C)=O)CCCC4)C(C)=O)cc3)C(CCc3ccccc3)N2C(=O)COc2ccccc2)cc1. The maximum atomic E-state index is 14.7. The summed E-state index contributed by atoms with van der Waals surface area (Å²) in [6.45, 7) is 3.11. The van der Waals surface area contributed by atoms with Gasteiger partial charge in [0.25, 0.3) is 11.8 Å². The lowest BCUT2D eigenvalue weighted by Gasteiger charge is -2.32. The van der Waals surface area contributed by atoms with Gasteiger partial charge < -0.3 is 25.0 Å². The Bertz CT molecular complexity index is 2020. The molecule has 2 aliphatic rings. The first-order chi connectivity index (χ1) is 28.1. The van der Waals surface area contributed by atoms with Gasteiger partial charge in [0, 0.05) is 25.6 Å². The summed E-state index contributed by atoms with van der Waals surface area (Å²) < 4.78 is 11.3. The van der Waals surface area contributed by atoms with Gasteiger partial charge in [-0.3, -0.25) is 28.9 Å². The predicted octanol–water partition coefficient (Wildman–Crippen LogP) is 6.22. The normalized spacial score (nSPS) is 17.7. The molecule has 3 atom stereocenters. The van der Waals surface area contributed by atoms with Crippen LogP contribution in [0.3, 0.4) is 0 Å². The average molecular weight is 787 g/mol. The van der Waals surface area contributed by atoms with Gasteiger partial charge in [-0.15, -0.1) is 0 Å². The number of carbonyl (C=O) groups is 5. The van der Waals surface area contributed by atoms with Crippen LogP contribution in [0.25, 0.3) is 0 Å². The first-order valence-electron chi connectivity index (χ1n) is 20.2. The number of Topliss-reactive ketones (excluding diaryl/α,β-unsaturated/α-hetero) is 1. The summed E-state index contributed by atoms with van der Waals surface area (Å²) in [7, 11) is 1.60. The quantitative estimate of drug-likeness (QED) is 0.122. The summed E-state index contributed by atoms with van der Waals surface area (Å²) in [6, 6.07) is 32.6. The van der Waals surface area contributed by atoms with E-state index in [9.17, 15) is 24.0 Å². The van der Waals surface area contributed by atoms with Crippen molar-refractivity contribution in [3.63, 3.8) is 0 Å². The van der Waals surface area contributed by atoms with Gasteiger partial charge in [0.2, 0.25) is 11.8 Å². The minimum atomic E-state index is -0.799. The fourth-order valence-corrected chi connectivity index (χ4v) is 8.27. The van der Waals surface area contributed by atoms with Gasteiger partial charge in [-0.2, -0.15) is 0 Å². The molecule has 304 valence electrons. The van der Waals surface area contributed by atoms with E-state index in [0.717, 1.165) is 29.5 Å². The number of hydrogen-bond donors (Lipinski definition) is 2. The fourth-order valence-electron chi connectivity index (χ4n) is 8.27. The highest BCUT2D eigenvalue weighted by atomic mass is 16.5. The minimum absolute atomic E-state index is 0.138. The summed E-state index contributed by atoms with van der Waals surface area (Å²) in [5.74, 6) is 0.302. The third-order valence-electron chi connectivity index (χ3n) is 11.5. The van der Waals surface area contributed by atoms with Crippen molar-refractivity contribution in [2.24, 2.45) is 5.41 Å². The Morgan fingerprint density at radius 3 is 2.05 bits per heavy atom.